The first-order valence-electron chi connectivity index (χ1n) is 7.97. The van der Waals surface area contributed by atoms with Crippen molar-refractivity contribution in [3.05, 3.63) is 36.4 Å². The average molecular weight is 371 g/mol. The van der Waals surface area contributed by atoms with Gasteiger partial charge in [-0.05, 0) is 49.1 Å². The second-order valence-electron chi connectivity index (χ2n) is 4.25. The van der Waals surface area contributed by atoms with Crippen LogP contribution in [0.2, 0.25) is 0 Å². The van der Waals surface area contributed by atoms with E-state index in [0.29, 0.717) is 15.8 Å². The molecule has 0 amide bonds. The van der Waals surface area contributed by atoms with Gasteiger partial charge in [0.1, 0.15) is 0 Å². The van der Waals surface area contributed by atoms with Gasteiger partial charge in [0, 0.05) is 16.5 Å². The topological polar surface area (TPSA) is 0 Å². The molecule has 0 heterocycles. The third-order valence-corrected chi connectivity index (χ3v) is 8.60. The molecule has 0 atom stereocenters. The Hall–Kier alpha value is 0.394. The normalized spacial score (nSPS) is 8.76. The van der Waals surface area contributed by atoms with E-state index in [1.165, 1.54) is 37.0 Å². The van der Waals surface area contributed by atoms with Crippen molar-refractivity contribution in [1.82, 2.24) is 0 Å². The van der Waals surface area contributed by atoms with E-state index in [4.69, 9.17) is 0 Å². The minimum Gasteiger partial charge on any atom is -0.108 e. The van der Waals surface area contributed by atoms with Gasteiger partial charge in [0.2, 0.25) is 0 Å². The SMILES string of the molecule is CCP(CC)CC.CCP(CC)CC.[Ni].c1ccccc#1. The molecule has 0 spiro atoms. The van der Waals surface area contributed by atoms with Gasteiger partial charge >= 0.3 is 0 Å². The summed E-state index contributed by atoms with van der Waals surface area (Å²) in [6.07, 6.45) is 8.51. The van der Waals surface area contributed by atoms with Crippen LogP contribution in [0.5, 0.6) is 0 Å². The molecule has 0 radical (unpaired) electrons. The van der Waals surface area contributed by atoms with E-state index >= 15 is 0 Å². The number of hydrogen-bond donors (Lipinski definition) is 0. The number of hydrogen-bond acceptors (Lipinski definition) is 0. The Morgan fingerprint density at radius 1 is 0.571 bits per heavy atom. The average Bonchev–Trinajstić information content (AvgIpc) is 2.54. The molecule has 0 unspecified atom stereocenters. The summed E-state index contributed by atoms with van der Waals surface area (Å²) < 4.78 is 0. The summed E-state index contributed by atoms with van der Waals surface area (Å²) in [6, 6.07) is 13.0. The molecular formula is C18H34NiP2. The standard InChI is InChI=1S/2C6H15P.C6H4.Ni/c2*1-4-7(5-2)6-3;1-2-4-6-5-3-1;/h2*4-6H2,1-3H3;1-4H;. The Balaban J connectivity index is -0.000000226. The predicted molar refractivity (Wildman–Crippen MR) is 101 cm³/mol. The Morgan fingerprint density at radius 3 is 0.857 bits per heavy atom. The molecule has 0 bridgehead atoms. The quantitative estimate of drug-likeness (QED) is 0.404. The maximum Gasteiger partial charge on any atom is 0 e. The Labute approximate surface area is 147 Å². The smallest absolute Gasteiger partial charge is 0 e. The van der Waals surface area contributed by atoms with Crippen LogP contribution < -0.4 is 0 Å². The van der Waals surface area contributed by atoms with Crippen molar-refractivity contribution in [1.29, 1.82) is 0 Å². The van der Waals surface area contributed by atoms with Crippen LogP contribution in [0.1, 0.15) is 41.5 Å². The van der Waals surface area contributed by atoms with Crippen molar-refractivity contribution >= 4 is 15.8 Å². The van der Waals surface area contributed by atoms with Crippen LogP contribution in [-0.2, 0) is 16.5 Å². The van der Waals surface area contributed by atoms with Crippen molar-refractivity contribution in [2.75, 3.05) is 37.0 Å². The molecule has 0 nitrogen and oxygen atoms in total. The first-order valence-corrected chi connectivity index (χ1v) is 11.8. The van der Waals surface area contributed by atoms with E-state index < -0.39 is 0 Å². The van der Waals surface area contributed by atoms with Crippen molar-refractivity contribution < 1.29 is 16.5 Å². The van der Waals surface area contributed by atoms with Gasteiger partial charge in [0.05, 0.1) is 0 Å². The Bertz CT molecular complexity index is 197. The summed E-state index contributed by atoms with van der Waals surface area (Å²) in [7, 11) is 0.892. The van der Waals surface area contributed by atoms with Gasteiger partial charge in [-0.25, -0.2) is 0 Å². The molecule has 0 fully saturated rings. The van der Waals surface area contributed by atoms with Gasteiger partial charge in [-0.3, -0.25) is 0 Å². The summed E-state index contributed by atoms with van der Waals surface area (Å²) >= 11 is 0. The Morgan fingerprint density at radius 2 is 0.810 bits per heavy atom. The summed E-state index contributed by atoms with van der Waals surface area (Å²) in [5.74, 6) is 0. The molecular weight excluding hydrogens is 337 g/mol. The zero-order valence-electron chi connectivity index (χ0n) is 14.8. The summed E-state index contributed by atoms with van der Waals surface area (Å²) in [4.78, 5) is 0. The van der Waals surface area contributed by atoms with Crippen LogP contribution in [0.15, 0.2) is 24.3 Å². The van der Waals surface area contributed by atoms with Gasteiger partial charge < -0.3 is 0 Å². The summed E-state index contributed by atoms with van der Waals surface area (Å²) in [5, 5.41) is 0. The van der Waals surface area contributed by atoms with Crippen LogP contribution in [0.4, 0.5) is 0 Å². The maximum absolute atomic E-state index is 2.77. The van der Waals surface area contributed by atoms with E-state index in [2.05, 4.69) is 53.7 Å². The van der Waals surface area contributed by atoms with Crippen molar-refractivity contribution in [3.8, 4) is 0 Å². The zero-order valence-corrected chi connectivity index (χ0v) is 17.5. The molecule has 0 aliphatic carbocycles. The Kier molecular flexibility index (Phi) is 28.4. The fourth-order valence-electron chi connectivity index (χ4n) is 1.65. The van der Waals surface area contributed by atoms with E-state index in [1.54, 1.807) is 0 Å². The van der Waals surface area contributed by atoms with E-state index in [-0.39, 0.29) is 16.5 Å². The third kappa shape index (κ3) is 20.4. The van der Waals surface area contributed by atoms with Crippen molar-refractivity contribution in [3.63, 3.8) is 0 Å². The molecule has 1 rings (SSSR count). The van der Waals surface area contributed by atoms with Gasteiger partial charge in [-0.15, -0.1) is 15.8 Å². The third-order valence-electron chi connectivity index (χ3n) is 3.24. The molecule has 0 saturated heterocycles. The van der Waals surface area contributed by atoms with Gasteiger partial charge in [0.25, 0.3) is 0 Å². The van der Waals surface area contributed by atoms with Crippen molar-refractivity contribution in [2.24, 2.45) is 0 Å². The molecule has 0 aromatic heterocycles. The molecule has 1 aromatic carbocycles. The second kappa shape index (κ2) is 22.7. The largest absolute Gasteiger partial charge is 0.108 e. The number of rotatable bonds is 6. The van der Waals surface area contributed by atoms with Gasteiger partial charge in [-0.2, -0.15) is 0 Å². The first kappa shape index (κ1) is 26.3. The first-order chi connectivity index (χ1) is 9.69. The van der Waals surface area contributed by atoms with Crippen LogP contribution >= 0.6 is 15.8 Å². The fraction of sp³-hybridized carbons (Fsp3) is 0.667. The molecule has 126 valence electrons. The molecule has 0 aliphatic heterocycles. The van der Waals surface area contributed by atoms with E-state index in [9.17, 15) is 0 Å². The van der Waals surface area contributed by atoms with Crippen LogP contribution in [0.25, 0.3) is 0 Å². The monoisotopic (exact) mass is 370 g/mol. The van der Waals surface area contributed by atoms with Crippen molar-refractivity contribution in [2.45, 2.75) is 41.5 Å². The minimum atomic E-state index is 0. The van der Waals surface area contributed by atoms with Gasteiger partial charge in [-0.1, -0.05) is 65.8 Å². The van der Waals surface area contributed by atoms with Crippen LogP contribution in [0.3, 0.4) is 0 Å². The predicted octanol–water partition coefficient (Wildman–Crippen LogP) is 6.34. The molecule has 1 aromatic rings. The molecule has 0 aliphatic rings. The van der Waals surface area contributed by atoms with Crippen LogP contribution in [0, 0.1) is 12.1 Å². The zero-order chi connectivity index (χ0) is 15.6. The van der Waals surface area contributed by atoms with Crippen LogP contribution in [-0.4, -0.2) is 37.0 Å². The maximum atomic E-state index is 2.77. The molecule has 3 heteroatoms. The summed E-state index contributed by atoms with van der Waals surface area (Å²) in [6.45, 7) is 13.7. The molecule has 21 heavy (non-hydrogen) atoms. The van der Waals surface area contributed by atoms with E-state index in [1.807, 2.05) is 24.3 Å². The van der Waals surface area contributed by atoms with Gasteiger partial charge in [0.15, 0.2) is 0 Å². The van der Waals surface area contributed by atoms with E-state index in [0.717, 1.165) is 0 Å². The molecule has 0 N–H and O–H groups in total. The fourth-order valence-corrected chi connectivity index (χ4v) is 4.33. The minimum absolute atomic E-state index is 0. The molecule has 0 saturated carbocycles. The second-order valence-corrected chi connectivity index (χ2v) is 10.7. The summed E-state index contributed by atoms with van der Waals surface area (Å²) in [5.41, 5.74) is 0.